The number of nitrogens with one attached hydrogen (secondary N) is 1. The number of nitrogens with zero attached hydrogens (tertiary/aromatic N) is 2. The van der Waals surface area contributed by atoms with Crippen molar-refractivity contribution < 1.29 is 23.7 Å². The number of ether oxygens (including phenoxy) is 4. The van der Waals surface area contributed by atoms with Crippen molar-refractivity contribution in [1.29, 1.82) is 0 Å². The molecule has 0 fully saturated rings. The average Bonchev–Trinajstić information content (AvgIpc) is 3.29. The topological polar surface area (TPSA) is 83.8 Å². The fraction of sp³-hybridized carbons (Fsp3) is 0.286. The van der Waals surface area contributed by atoms with Crippen molar-refractivity contribution in [3.63, 3.8) is 0 Å². The Bertz CT molecular complexity index is 1350. The number of carbonyl (C=O) groups excluding carboxylic acids is 1. The molecule has 0 aliphatic heterocycles. The van der Waals surface area contributed by atoms with Crippen LogP contribution in [0, 0.1) is 0 Å². The molecule has 37 heavy (non-hydrogen) atoms. The van der Waals surface area contributed by atoms with Crippen LogP contribution in [0.2, 0.25) is 5.02 Å². The summed E-state index contributed by atoms with van der Waals surface area (Å²) in [6, 6.07) is 18.1. The quantitative estimate of drug-likeness (QED) is 0.255. The van der Waals surface area contributed by atoms with Crippen molar-refractivity contribution in [3.05, 3.63) is 77.1 Å². The number of rotatable bonds is 11. The maximum atomic E-state index is 13.2. The molecule has 4 aromatic rings. The molecule has 0 saturated carbocycles. The zero-order valence-electron chi connectivity index (χ0n) is 21.3. The van der Waals surface area contributed by atoms with Crippen LogP contribution in [0.15, 0.2) is 60.7 Å². The molecule has 1 heterocycles. The number of hydrogen-bond acceptors (Lipinski definition) is 6. The minimum absolute atomic E-state index is 0.281. The lowest BCUT2D eigenvalue weighted by molar-refractivity contribution is 0.0936. The first kappa shape index (κ1) is 26.2. The summed E-state index contributed by atoms with van der Waals surface area (Å²) in [4.78, 5) is 18.0. The van der Waals surface area contributed by atoms with Crippen molar-refractivity contribution in [1.82, 2.24) is 14.9 Å². The predicted octanol–water partition coefficient (Wildman–Crippen LogP) is 5.68. The van der Waals surface area contributed by atoms with Crippen LogP contribution < -0.4 is 24.3 Å². The molecule has 0 bridgehead atoms. The largest absolute Gasteiger partial charge is 0.494 e. The van der Waals surface area contributed by atoms with Crippen molar-refractivity contribution in [2.75, 3.05) is 27.9 Å². The summed E-state index contributed by atoms with van der Waals surface area (Å²) in [5, 5.41) is 3.73. The van der Waals surface area contributed by atoms with Crippen LogP contribution in [0.1, 0.15) is 35.6 Å². The van der Waals surface area contributed by atoms with Crippen molar-refractivity contribution in [3.8, 4) is 23.0 Å². The van der Waals surface area contributed by atoms with Crippen LogP contribution in [0.5, 0.6) is 23.0 Å². The van der Waals surface area contributed by atoms with Crippen LogP contribution in [0.3, 0.4) is 0 Å². The van der Waals surface area contributed by atoms with Gasteiger partial charge < -0.3 is 28.8 Å². The van der Waals surface area contributed by atoms with Crippen LogP contribution in [-0.2, 0) is 6.54 Å². The molecule has 1 amide bonds. The second-order valence-corrected chi connectivity index (χ2v) is 8.81. The Labute approximate surface area is 221 Å². The number of halogens is 1. The lowest BCUT2D eigenvalue weighted by Gasteiger charge is -2.18. The zero-order chi connectivity index (χ0) is 26.4. The standard InChI is InChI=1S/C28H30ClN3O5/c1-18(30-28(33)19-16-24(34-2)26(36-4)25(17-19)35-3)27-31-22-8-5-6-9-23(22)32(27)14-7-15-37-21-12-10-20(29)11-13-21/h5-6,8-13,16-18H,7,14-15H2,1-4H3,(H,30,33). The average molecular weight is 524 g/mol. The van der Waals surface area contributed by atoms with E-state index in [1.807, 2.05) is 43.3 Å². The molecule has 9 heteroatoms. The van der Waals surface area contributed by atoms with Gasteiger partial charge in [-0.05, 0) is 61.9 Å². The smallest absolute Gasteiger partial charge is 0.252 e. The van der Waals surface area contributed by atoms with E-state index in [4.69, 9.17) is 35.5 Å². The lowest BCUT2D eigenvalue weighted by Crippen LogP contribution is -2.29. The van der Waals surface area contributed by atoms with Gasteiger partial charge in [-0.2, -0.15) is 0 Å². The summed E-state index contributed by atoms with van der Waals surface area (Å²) in [6.45, 7) is 3.12. The van der Waals surface area contributed by atoms with E-state index in [9.17, 15) is 4.79 Å². The number of methoxy groups -OCH3 is 3. The summed E-state index contributed by atoms with van der Waals surface area (Å²) in [5.74, 6) is 2.49. The predicted molar refractivity (Wildman–Crippen MR) is 143 cm³/mol. The van der Waals surface area contributed by atoms with Crippen LogP contribution in [0.4, 0.5) is 0 Å². The first-order chi connectivity index (χ1) is 17.9. The van der Waals surface area contributed by atoms with E-state index in [0.29, 0.717) is 41.0 Å². The first-order valence-corrected chi connectivity index (χ1v) is 12.3. The van der Waals surface area contributed by atoms with Crippen molar-refractivity contribution >= 4 is 28.5 Å². The summed E-state index contributed by atoms with van der Waals surface area (Å²) < 4.78 is 24.1. The van der Waals surface area contributed by atoms with Crippen LogP contribution in [-0.4, -0.2) is 43.4 Å². The van der Waals surface area contributed by atoms with Gasteiger partial charge in [0.1, 0.15) is 11.6 Å². The molecule has 1 unspecified atom stereocenters. The number of para-hydroxylation sites is 2. The highest BCUT2D eigenvalue weighted by Crippen LogP contribution is 2.38. The monoisotopic (exact) mass is 523 g/mol. The van der Waals surface area contributed by atoms with E-state index in [-0.39, 0.29) is 11.9 Å². The molecule has 0 saturated heterocycles. The summed E-state index contributed by atoms with van der Waals surface area (Å²) in [7, 11) is 4.55. The van der Waals surface area contributed by atoms with Crippen LogP contribution >= 0.6 is 11.6 Å². The molecule has 0 spiro atoms. The summed E-state index contributed by atoms with van der Waals surface area (Å²) in [6.07, 6.45) is 0.753. The number of amides is 1. The Morgan fingerprint density at radius 2 is 1.68 bits per heavy atom. The van der Waals surface area contributed by atoms with E-state index >= 15 is 0 Å². The van der Waals surface area contributed by atoms with Gasteiger partial charge in [0.2, 0.25) is 5.75 Å². The molecule has 1 aromatic heterocycles. The Morgan fingerprint density at radius 1 is 1.00 bits per heavy atom. The lowest BCUT2D eigenvalue weighted by atomic mass is 10.1. The maximum absolute atomic E-state index is 13.2. The summed E-state index contributed by atoms with van der Waals surface area (Å²) >= 11 is 5.95. The minimum atomic E-state index is -0.365. The van der Waals surface area contributed by atoms with Gasteiger partial charge in [0.15, 0.2) is 11.5 Å². The van der Waals surface area contributed by atoms with E-state index in [2.05, 4.69) is 9.88 Å². The highest BCUT2D eigenvalue weighted by Gasteiger charge is 2.22. The molecule has 194 valence electrons. The Hall–Kier alpha value is -3.91. The number of hydrogen-bond donors (Lipinski definition) is 1. The van der Waals surface area contributed by atoms with E-state index in [0.717, 1.165) is 29.0 Å². The fourth-order valence-electron chi connectivity index (χ4n) is 4.16. The minimum Gasteiger partial charge on any atom is -0.494 e. The second kappa shape index (κ2) is 11.9. The van der Waals surface area contributed by atoms with Gasteiger partial charge in [0.25, 0.3) is 5.91 Å². The van der Waals surface area contributed by atoms with Gasteiger partial charge in [-0.1, -0.05) is 23.7 Å². The molecule has 1 N–H and O–H groups in total. The van der Waals surface area contributed by atoms with Crippen LogP contribution in [0.25, 0.3) is 11.0 Å². The highest BCUT2D eigenvalue weighted by molar-refractivity contribution is 6.30. The highest BCUT2D eigenvalue weighted by atomic mass is 35.5. The maximum Gasteiger partial charge on any atom is 0.252 e. The molecule has 3 aromatic carbocycles. The van der Waals surface area contributed by atoms with Gasteiger partial charge >= 0.3 is 0 Å². The molecule has 4 rings (SSSR count). The molecule has 0 aliphatic carbocycles. The summed E-state index contributed by atoms with van der Waals surface area (Å²) in [5.41, 5.74) is 2.25. The van der Waals surface area contributed by atoms with E-state index < -0.39 is 0 Å². The molecule has 0 aliphatic rings. The van der Waals surface area contributed by atoms with Crippen molar-refractivity contribution in [2.24, 2.45) is 0 Å². The van der Waals surface area contributed by atoms with Gasteiger partial charge in [-0.25, -0.2) is 4.98 Å². The SMILES string of the molecule is COc1cc(C(=O)NC(C)c2nc3ccccc3n2CCCOc2ccc(Cl)cc2)cc(OC)c1OC. The number of fused-ring (bicyclic) bond motifs is 1. The van der Waals surface area contributed by atoms with Crippen molar-refractivity contribution in [2.45, 2.75) is 25.9 Å². The number of aromatic nitrogens is 2. The Kier molecular flexibility index (Phi) is 8.40. The first-order valence-electron chi connectivity index (χ1n) is 11.9. The van der Waals surface area contributed by atoms with E-state index in [1.165, 1.54) is 21.3 Å². The third-order valence-corrected chi connectivity index (χ3v) is 6.21. The van der Waals surface area contributed by atoms with Gasteiger partial charge in [0.05, 0.1) is 45.0 Å². The fourth-order valence-corrected chi connectivity index (χ4v) is 4.29. The number of imidazole rings is 1. The molecule has 1 atom stereocenters. The number of benzene rings is 3. The zero-order valence-corrected chi connectivity index (χ0v) is 22.0. The normalized spacial score (nSPS) is 11.7. The molecule has 8 nitrogen and oxygen atoms in total. The van der Waals surface area contributed by atoms with Gasteiger partial charge in [-0.15, -0.1) is 0 Å². The Balaban J connectivity index is 1.51. The van der Waals surface area contributed by atoms with Gasteiger partial charge in [0, 0.05) is 17.1 Å². The second-order valence-electron chi connectivity index (χ2n) is 8.38. The molecule has 0 radical (unpaired) electrons. The van der Waals surface area contributed by atoms with E-state index in [1.54, 1.807) is 24.3 Å². The number of carbonyl (C=O) groups is 1. The van der Waals surface area contributed by atoms with Gasteiger partial charge in [-0.3, -0.25) is 4.79 Å². The molecular formula is C28H30ClN3O5. The third kappa shape index (κ3) is 5.91. The third-order valence-electron chi connectivity index (χ3n) is 5.95. The number of aryl methyl sites for hydroxylation is 1. The Morgan fingerprint density at radius 3 is 2.32 bits per heavy atom. The molecular weight excluding hydrogens is 494 g/mol.